The van der Waals surface area contributed by atoms with Gasteiger partial charge in [0.25, 0.3) is 0 Å². The molecular formula is C8H9BrFNO. The number of hydrogen-bond acceptors (Lipinski definition) is 2. The molecule has 1 rings (SSSR count). The van der Waals surface area contributed by atoms with Crippen molar-refractivity contribution in [2.45, 2.75) is 6.42 Å². The minimum Gasteiger partial charge on any atom is -0.398 e. The highest BCUT2D eigenvalue weighted by Gasteiger charge is 2.04. The summed E-state index contributed by atoms with van der Waals surface area (Å²) < 4.78 is 13.2. The zero-order valence-electron chi connectivity index (χ0n) is 6.35. The van der Waals surface area contributed by atoms with Gasteiger partial charge >= 0.3 is 0 Å². The molecule has 12 heavy (non-hydrogen) atoms. The Morgan fingerprint density at radius 3 is 2.75 bits per heavy atom. The van der Waals surface area contributed by atoms with Crippen LogP contribution in [0.15, 0.2) is 16.6 Å². The topological polar surface area (TPSA) is 46.2 Å². The van der Waals surface area contributed by atoms with Gasteiger partial charge in [-0.2, -0.15) is 0 Å². The molecule has 0 atom stereocenters. The first kappa shape index (κ1) is 9.48. The normalized spacial score (nSPS) is 10.2. The van der Waals surface area contributed by atoms with Crippen LogP contribution in [0.5, 0.6) is 0 Å². The molecule has 0 fully saturated rings. The number of aliphatic hydroxyl groups excluding tert-OH is 1. The van der Waals surface area contributed by atoms with Gasteiger partial charge in [-0.3, -0.25) is 0 Å². The van der Waals surface area contributed by atoms with Crippen molar-refractivity contribution >= 4 is 21.6 Å². The molecule has 4 heteroatoms. The summed E-state index contributed by atoms with van der Waals surface area (Å²) in [5.74, 6) is -0.354. The van der Waals surface area contributed by atoms with Gasteiger partial charge in [0.2, 0.25) is 0 Å². The molecular weight excluding hydrogens is 225 g/mol. The van der Waals surface area contributed by atoms with Crippen LogP contribution in [0.3, 0.4) is 0 Å². The summed E-state index contributed by atoms with van der Waals surface area (Å²) in [7, 11) is 0. The van der Waals surface area contributed by atoms with E-state index in [1.54, 1.807) is 0 Å². The van der Waals surface area contributed by atoms with Crippen LogP contribution in [0.1, 0.15) is 5.56 Å². The number of nitrogen functional groups attached to an aromatic ring is 1. The number of rotatable bonds is 2. The van der Waals surface area contributed by atoms with Crippen molar-refractivity contribution in [1.29, 1.82) is 0 Å². The molecule has 0 aliphatic heterocycles. The largest absolute Gasteiger partial charge is 0.398 e. The summed E-state index contributed by atoms with van der Waals surface area (Å²) in [6, 6.07) is 2.83. The lowest BCUT2D eigenvalue weighted by molar-refractivity contribution is 0.299. The third-order valence-electron chi connectivity index (χ3n) is 1.56. The van der Waals surface area contributed by atoms with E-state index in [1.165, 1.54) is 12.1 Å². The van der Waals surface area contributed by atoms with E-state index in [4.69, 9.17) is 10.8 Å². The standard InChI is InChI=1S/C8H9BrFNO/c9-6-4-8(11)5(1-2-12)3-7(6)10/h3-4,12H,1-2,11H2. The SMILES string of the molecule is Nc1cc(Br)c(F)cc1CCO. The summed E-state index contributed by atoms with van der Waals surface area (Å²) in [6.07, 6.45) is 0.385. The molecule has 0 heterocycles. The predicted octanol–water partition coefficient (Wildman–Crippen LogP) is 1.71. The zero-order chi connectivity index (χ0) is 9.14. The molecule has 0 aromatic heterocycles. The number of halogens is 2. The lowest BCUT2D eigenvalue weighted by Crippen LogP contribution is -1.98. The third-order valence-corrected chi connectivity index (χ3v) is 2.17. The highest BCUT2D eigenvalue weighted by Crippen LogP contribution is 2.22. The van der Waals surface area contributed by atoms with E-state index >= 15 is 0 Å². The van der Waals surface area contributed by atoms with Crippen LogP contribution in [0.25, 0.3) is 0 Å². The van der Waals surface area contributed by atoms with E-state index in [9.17, 15) is 4.39 Å². The second kappa shape index (κ2) is 3.87. The van der Waals surface area contributed by atoms with Gasteiger partial charge in [-0.05, 0) is 40.0 Å². The van der Waals surface area contributed by atoms with Crippen molar-refractivity contribution in [3.05, 3.63) is 28.0 Å². The Kier molecular flexibility index (Phi) is 3.05. The van der Waals surface area contributed by atoms with Crippen molar-refractivity contribution in [3.8, 4) is 0 Å². The number of nitrogens with two attached hydrogens (primary N) is 1. The smallest absolute Gasteiger partial charge is 0.137 e. The number of anilines is 1. The van der Waals surface area contributed by atoms with E-state index in [1.807, 2.05) is 0 Å². The van der Waals surface area contributed by atoms with Crippen LogP contribution < -0.4 is 5.73 Å². The van der Waals surface area contributed by atoms with Gasteiger partial charge in [0.15, 0.2) is 0 Å². The molecule has 1 aromatic rings. The Labute approximate surface area is 78.3 Å². The first-order valence-electron chi connectivity index (χ1n) is 3.49. The van der Waals surface area contributed by atoms with Gasteiger partial charge in [0, 0.05) is 12.3 Å². The minimum absolute atomic E-state index is 0.0225. The number of aliphatic hydroxyl groups is 1. The number of hydrogen-bond donors (Lipinski definition) is 2. The maximum atomic E-state index is 12.9. The highest BCUT2D eigenvalue weighted by molar-refractivity contribution is 9.10. The van der Waals surface area contributed by atoms with E-state index in [0.29, 0.717) is 22.1 Å². The van der Waals surface area contributed by atoms with Gasteiger partial charge in [0.1, 0.15) is 5.82 Å². The van der Waals surface area contributed by atoms with Crippen LogP contribution in [0, 0.1) is 5.82 Å². The Morgan fingerprint density at radius 1 is 1.50 bits per heavy atom. The van der Waals surface area contributed by atoms with E-state index in [-0.39, 0.29) is 12.4 Å². The van der Waals surface area contributed by atoms with Crippen LogP contribution >= 0.6 is 15.9 Å². The lowest BCUT2D eigenvalue weighted by Gasteiger charge is -2.04. The van der Waals surface area contributed by atoms with Crippen LogP contribution in [-0.2, 0) is 6.42 Å². The van der Waals surface area contributed by atoms with E-state index in [0.717, 1.165) is 0 Å². The molecule has 0 saturated carbocycles. The van der Waals surface area contributed by atoms with Gasteiger partial charge < -0.3 is 10.8 Å². The summed E-state index contributed by atoms with van der Waals surface area (Å²) in [4.78, 5) is 0. The highest BCUT2D eigenvalue weighted by atomic mass is 79.9. The average Bonchev–Trinajstić information content (AvgIpc) is 2.01. The van der Waals surface area contributed by atoms with Gasteiger partial charge in [-0.25, -0.2) is 4.39 Å². The molecule has 0 radical (unpaired) electrons. The van der Waals surface area contributed by atoms with Crippen LogP contribution in [0.2, 0.25) is 0 Å². The Bertz CT molecular complexity index is 291. The van der Waals surface area contributed by atoms with Gasteiger partial charge in [-0.1, -0.05) is 0 Å². The van der Waals surface area contributed by atoms with Crippen molar-refractivity contribution < 1.29 is 9.50 Å². The molecule has 3 N–H and O–H groups in total. The Morgan fingerprint density at radius 2 is 2.17 bits per heavy atom. The molecule has 0 spiro atoms. The molecule has 0 bridgehead atoms. The van der Waals surface area contributed by atoms with Crippen LogP contribution in [-0.4, -0.2) is 11.7 Å². The molecule has 66 valence electrons. The first-order chi connectivity index (χ1) is 5.65. The fourth-order valence-electron chi connectivity index (χ4n) is 0.940. The second-order valence-electron chi connectivity index (χ2n) is 2.44. The maximum absolute atomic E-state index is 12.9. The van der Waals surface area contributed by atoms with E-state index in [2.05, 4.69) is 15.9 Å². The molecule has 0 aliphatic carbocycles. The number of benzene rings is 1. The van der Waals surface area contributed by atoms with Crippen molar-refractivity contribution in [2.75, 3.05) is 12.3 Å². The van der Waals surface area contributed by atoms with E-state index < -0.39 is 0 Å². The second-order valence-corrected chi connectivity index (χ2v) is 3.29. The Hall–Kier alpha value is -0.610. The summed E-state index contributed by atoms with van der Waals surface area (Å²) in [5, 5.41) is 8.61. The van der Waals surface area contributed by atoms with Crippen molar-refractivity contribution in [1.82, 2.24) is 0 Å². The van der Waals surface area contributed by atoms with Crippen molar-refractivity contribution in [2.24, 2.45) is 0 Å². The predicted molar refractivity (Wildman–Crippen MR) is 49.3 cm³/mol. The fraction of sp³-hybridized carbons (Fsp3) is 0.250. The molecule has 0 unspecified atom stereocenters. The average molecular weight is 234 g/mol. The molecule has 0 saturated heterocycles. The van der Waals surface area contributed by atoms with Gasteiger partial charge in [0.05, 0.1) is 4.47 Å². The van der Waals surface area contributed by atoms with Crippen LogP contribution in [0.4, 0.5) is 10.1 Å². The molecule has 0 amide bonds. The van der Waals surface area contributed by atoms with Gasteiger partial charge in [-0.15, -0.1) is 0 Å². The quantitative estimate of drug-likeness (QED) is 0.765. The molecule has 1 aromatic carbocycles. The minimum atomic E-state index is -0.354. The first-order valence-corrected chi connectivity index (χ1v) is 4.28. The monoisotopic (exact) mass is 233 g/mol. The molecule has 0 aliphatic rings. The summed E-state index contributed by atoms with van der Waals surface area (Å²) >= 11 is 3.01. The Balaban J connectivity index is 3.05. The zero-order valence-corrected chi connectivity index (χ0v) is 7.94. The molecule has 2 nitrogen and oxygen atoms in total. The fourth-order valence-corrected chi connectivity index (χ4v) is 1.30. The lowest BCUT2D eigenvalue weighted by atomic mass is 10.1. The maximum Gasteiger partial charge on any atom is 0.137 e. The third kappa shape index (κ3) is 1.95. The van der Waals surface area contributed by atoms with Crippen molar-refractivity contribution in [3.63, 3.8) is 0 Å². The summed E-state index contributed by atoms with van der Waals surface area (Å²) in [5.41, 5.74) is 6.70. The summed E-state index contributed by atoms with van der Waals surface area (Å²) in [6.45, 7) is -0.0225.